The van der Waals surface area contributed by atoms with Crippen LogP contribution in [0.15, 0.2) is 18.2 Å². The van der Waals surface area contributed by atoms with E-state index >= 15 is 0 Å². The summed E-state index contributed by atoms with van der Waals surface area (Å²) in [5.74, 6) is 0.845. The van der Waals surface area contributed by atoms with Crippen molar-refractivity contribution in [3.8, 4) is 6.07 Å². The first-order chi connectivity index (χ1) is 8.28. The molecule has 17 heavy (non-hydrogen) atoms. The fourth-order valence-corrected chi connectivity index (χ4v) is 2.39. The molecule has 1 aliphatic carbocycles. The van der Waals surface area contributed by atoms with Crippen molar-refractivity contribution in [2.75, 3.05) is 18.0 Å². The third-order valence-electron chi connectivity index (χ3n) is 3.23. The van der Waals surface area contributed by atoms with Crippen molar-refractivity contribution < 1.29 is 0 Å². The molecule has 0 N–H and O–H groups in total. The number of nitriles is 1. The van der Waals surface area contributed by atoms with E-state index in [1.165, 1.54) is 12.8 Å². The van der Waals surface area contributed by atoms with Gasteiger partial charge in [0.05, 0.1) is 11.3 Å². The van der Waals surface area contributed by atoms with E-state index in [-0.39, 0.29) is 0 Å². The quantitative estimate of drug-likeness (QED) is 0.774. The molecule has 1 aliphatic rings. The van der Waals surface area contributed by atoms with Crippen molar-refractivity contribution >= 4 is 21.6 Å². The van der Waals surface area contributed by atoms with Gasteiger partial charge >= 0.3 is 0 Å². The van der Waals surface area contributed by atoms with Gasteiger partial charge in [-0.25, -0.2) is 0 Å². The SMILES string of the molecule is CCN(CC1CC1)c1ccc(CBr)cc1C#N. The molecule has 0 bridgehead atoms. The zero-order chi connectivity index (χ0) is 12.3. The number of hydrogen-bond acceptors (Lipinski definition) is 2. The first-order valence-electron chi connectivity index (χ1n) is 6.12. The van der Waals surface area contributed by atoms with Gasteiger partial charge in [-0.05, 0) is 43.4 Å². The molecule has 1 aromatic carbocycles. The minimum atomic E-state index is 0.796. The first-order valence-corrected chi connectivity index (χ1v) is 7.24. The van der Waals surface area contributed by atoms with Gasteiger partial charge < -0.3 is 4.90 Å². The van der Waals surface area contributed by atoms with Crippen molar-refractivity contribution in [3.63, 3.8) is 0 Å². The maximum absolute atomic E-state index is 9.24. The summed E-state index contributed by atoms with van der Waals surface area (Å²) in [4.78, 5) is 2.33. The average Bonchev–Trinajstić information content (AvgIpc) is 3.19. The van der Waals surface area contributed by atoms with Gasteiger partial charge in [-0.3, -0.25) is 0 Å². The summed E-state index contributed by atoms with van der Waals surface area (Å²) in [7, 11) is 0. The van der Waals surface area contributed by atoms with E-state index in [9.17, 15) is 5.26 Å². The Morgan fingerprint density at radius 1 is 1.47 bits per heavy atom. The van der Waals surface area contributed by atoms with E-state index in [1.807, 2.05) is 6.07 Å². The highest BCUT2D eigenvalue weighted by molar-refractivity contribution is 9.08. The zero-order valence-electron chi connectivity index (χ0n) is 10.1. The lowest BCUT2D eigenvalue weighted by atomic mass is 10.1. The second-order valence-electron chi connectivity index (χ2n) is 4.58. The van der Waals surface area contributed by atoms with Gasteiger partial charge in [-0.2, -0.15) is 5.26 Å². The van der Waals surface area contributed by atoms with E-state index in [1.54, 1.807) is 0 Å². The highest BCUT2D eigenvalue weighted by atomic mass is 79.9. The van der Waals surface area contributed by atoms with Crippen LogP contribution in [0.25, 0.3) is 0 Å². The summed E-state index contributed by atoms with van der Waals surface area (Å²) in [6.45, 7) is 4.22. The molecule has 0 heterocycles. The molecule has 0 amide bonds. The number of alkyl halides is 1. The summed E-state index contributed by atoms with van der Waals surface area (Å²) >= 11 is 3.43. The summed E-state index contributed by atoms with van der Waals surface area (Å²) in [6.07, 6.45) is 2.69. The smallest absolute Gasteiger partial charge is 0.101 e. The van der Waals surface area contributed by atoms with Crippen LogP contribution in [0.2, 0.25) is 0 Å². The van der Waals surface area contributed by atoms with Crippen LogP contribution in [0, 0.1) is 17.2 Å². The van der Waals surface area contributed by atoms with Crippen LogP contribution in [0.5, 0.6) is 0 Å². The van der Waals surface area contributed by atoms with Crippen LogP contribution in [0.1, 0.15) is 30.9 Å². The van der Waals surface area contributed by atoms with Crippen molar-refractivity contribution in [2.45, 2.75) is 25.1 Å². The zero-order valence-corrected chi connectivity index (χ0v) is 11.7. The molecule has 0 spiro atoms. The predicted octanol–water partition coefficient (Wildman–Crippen LogP) is 3.69. The topological polar surface area (TPSA) is 27.0 Å². The first kappa shape index (κ1) is 12.4. The fraction of sp³-hybridized carbons (Fsp3) is 0.500. The van der Waals surface area contributed by atoms with Crippen LogP contribution in [-0.2, 0) is 5.33 Å². The van der Waals surface area contributed by atoms with Crippen LogP contribution < -0.4 is 4.90 Å². The van der Waals surface area contributed by atoms with Crippen molar-refractivity contribution in [2.24, 2.45) is 5.92 Å². The van der Waals surface area contributed by atoms with Crippen molar-refractivity contribution in [1.82, 2.24) is 0 Å². The Balaban J connectivity index is 2.25. The van der Waals surface area contributed by atoms with E-state index in [2.05, 4.69) is 46.0 Å². The summed E-state index contributed by atoms with van der Waals surface area (Å²) in [5.41, 5.74) is 3.05. The van der Waals surface area contributed by atoms with Crippen molar-refractivity contribution in [3.05, 3.63) is 29.3 Å². The lowest BCUT2D eigenvalue weighted by Gasteiger charge is -2.24. The van der Waals surface area contributed by atoms with Gasteiger partial charge in [0.2, 0.25) is 0 Å². The molecule has 0 atom stereocenters. The number of halogens is 1. The highest BCUT2D eigenvalue weighted by Crippen LogP contribution is 2.32. The average molecular weight is 293 g/mol. The maximum atomic E-state index is 9.24. The Labute approximate surface area is 111 Å². The number of rotatable bonds is 5. The molecule has 1 fully saturated rings. The monoisotopic (exact) mass is 292 g/mol. The molecule has 0 unspecified atom stereocenters. The molecule has 2 rings (SSSR count). The molecule has 0 radical (unpaired) electrons. The van der Waals surface area contributed by atoms with Gasteiger partial charge in [0.1, 0.15) is 6.07 Å². The maximum Gasteiger partial charge on any atom is 0.101 e. The Bertz CT molecular complexity index is 432. The normalized spacial score (nSPS) is 14.4. The minimum absolute atomic E-state index is 0.796. The largest absolute Gasteiger partial charge is 0.370 e. The summed E-state index contributed by atoms with van der Waals surface area (Å²) < 4.78 is 0. The number of anilines is 1. The molecule has 1 saturated carbocycles. The molecule has 3 heteroatoms. The molecule has 1 aromatic rings. The van der Waals surface area contributed by atoms with Crippen molar-refractivity contribution in [1.29, 1.82) is 5.26 Å². The molecule has 90 valence electrons. The lowest BCUT2D eigenvalue weighted by Crippen LogP contribution is -2.26. The van der Waals surface area contributed by atoms with Gasteiger partial charge in [0.15, 0.2) is 0 Å². The Hall–Kier alpha value is -1.01. The Morgan fingerprint density at radius 3 is 2.76 bits per heavy atom. The summed E-state index contributed by atoms with van der Waals surface area (Å²) in [5, 5.41) is 10.0. The third-order valence-corrected chi connectivity index (χ3v) is 3.88. The number of hydrogen-bond donors (Lipinski definition) is 0. The van der Waals surface area contributed by atoms with Crippen LogP contribution >= 0.6 is 15.9 Å². The Kier molecular flexibility index (Phi) is 4.06. The van der Waals surface area contributed by atoms with E-state index in [0.29, 0.717) is 0 Å². The number of benzene rings is 1. The molecular weight excluding hydrogens is 276 g/mol. The number of nitrogens with zero attached hydrogens (tertiary/aromatic N) is 2. The van der Waals surface area contributed by atoms with E-state index in [0.717, 1.165) is 41.2 Å². The van der Waals surface area contributed by atoms with Crippen LogP contribution in [0.3, 0.4) is 0 Å². The van der Waals surface area contributed by atoms with Gasteiger partial charge in [-0.15, -0.1) is 0 Å². The minimum Gasteiger partial charge on any atom is -0.370 e. The molecule has 2 nitrogen and oxygen atoms in total. The fourth-order valence-electron chi connectivity index (χ4n) is 2.04. The van der Waals surface area contributed by atoms with Gasteiger partial charge in [0.25, 0.3) is 0 Å². The lowest BCUT2D eigenvalue weighted by molar-refractivity contribution is 0.741. The standard InChI is InChI=1S/C14H17BrN2/c1-2-17(10-11-3-4-11)14-6-5-12(8-15)7-13(14)9-16/h5-7,11H,2-4,8,10H2,1H3. The van der Waals surface area contributed by atoms with Gasteiger partial charge in [-0.1, -0.05) is 22.0 Å². The molecule has 0 aromatic heterocycles. The van der Waals surface area contributed by atoms with E-state index < -0.39 is 0 Å². The third kappa shape index (κ3) is 3.01. The highest BCUT2D eigenvalue weighted by Gasteiger charge is 2.24. The van der Waals surface area contributed by atoms with E-state index in [4.69, 9.17) is 0 Å². The summed E-state index contributed by atoms with van der Waals surface area (Å²) in [6, 6.07) is 8.48. The Morgan fingerprint density at radius 2 is 2.24 bits per heavy atom. The van der Waals surface area contributed by atoms with Gasteiger partial charge in [0, 0.05) is 18.4 Å². The molecule has 0 saturated heterocycles. The van der Waals surface area contributed by atoms with Crippen LogP contribution in [0.4, 0.5) is 5.69 Å². The molecule has 0 aliphatic heterocycles. The predicted molar refractivity (Wildman–Crippen MR) is 74.4 cm³/mol. The second-order valence-corrected chi connectivity index (χ2v) is 5.14. The molecular formula is C14H17BrN2. The van der Waals surface area contributed by atoms with Crippen LogP contribution in [-0.4, -0.2) is 13.1 Å². The second kappa shape index (κ2) is 5.55.